The molecule has 4 rings (SSSR count). The zero-order valence-electron chi connectivity index (χ0n) is 16.2. The molecule has 0 saturated carbocycles. The first kappa shape index (κ1) is 18.4. The van der Waals surface area contributed by atoms with Crippen LogP contribution in [0.15, 0.2) is 79.1 Å². The SMILES string of the molecule is Cc1cccc(C(=O)Nc2ccc(Oc3cc(-n4cccc4)nc(C)n3)cc2)c1. The van der Waals surface area contributed by atoms with Gasteiger partial charge in [0, 0.05) is 29.7 Å². The Bertz CT molecular complexity index is 1140. The van der Waals surface area contributed by atoms with E-state index >= 15 is 0 Å². The van der Waals surface area contributed by atoms with E-state index in [1.165, 1.54) is 0 Å². The second kappa shape index (κ2) is 7.98. The molecule has 0 aliphatic heterocycles. The van der Waals surface area contributed by atoms with Gasteiger partial charge in [0.2, 0.25) is 5.88 Å². The highest BCUT2D eigenvalue weighted by molar-refractivity contribution is 6.04. The first-order valence-corrected chi connectivity index (χ1v) is 9.22. The van der Waals surface area contributed by atoms with Gasteiger partial charge in [0.05, 0.1) is 0 Å². The molecule has 6 nitrogen and oxygen atoms in total. The van der Waals surface area contributed by atoms with E-state index in [4.69, 9.17) is 4.74 Å². The Kier molecular flexibility index (Phi) is 5.07. The molecule has 0 aliphatic carbocycles. The summed E-state index contributed by atoms with van der Waals surface area (Å²) in [5.74, 6) is 2.28. The van der Waals surface area contributed by atoms with Crippen molar-refractivity contribution in [2.45, 2.75) is 13.8 Å². The maximum Gasteiger partial charge on any atom is 0.255 e. The molecule has 0 saturated heterocycles. The molecule has 2 aromatic heterocycles. The number of carbonyl (C=O) groups excluding carboxylic acids is 1. The van der Waals surface area contributed by atoms with Crippen LogP contribution >= 0.6 is 0 Å². The second-order valence-electron chi connectivity index (χ2n) is 6.65. The third-order valence-corrected chi connectivity index (χ3v) is 4.28. The highest BCUT2D eigenvalue weighted by atomic mass is 16.5. The van der Waals surface area contributed by atoms with E-state index in [1.54, 1.807) is 36.4 Å². The van der Waals surface area contributed by atoms with Crippen molar-refractivity contribution in [3.05, 3.63) is 96.1 Å². The number of carbonyl (C=O) groups is 1. The summed E-state index contributed by atoms with van der Waals surface area (Å²) in [6, 6.07) is 20.3. The number of benzene rings is 2. The zero-order valence-corrected chi connectivity index (χ0v) is 16.2. The first-order chi connectivity index (χ1) is 14.1. The van der Waals surface area contributed by atoms with Crippen LogP contribution in [0.1, 0.15) is 21.7 Å². The monoisotopic (exact) mass is 384 g/mol. The van der Waals surface area contributed by atoms with Gasteiger partial charge in [-0.25, -0.2) is 4.98 Å². The van der Waals surface area contributed by atoms with Gasteiger partial charge in [-0.15, -0.1) is 0 Å². The van der Waals surface area contributed by atoms with E-state index in [0.29, 0.717) is 28.7 Å². The van der Waals surface area contributed by atoms with Crippen LogP contribution in [0.25, 0.3) is 5.82 Å². The molecule has 1 amide bonds. The summed E-state index contributed by atoms with van der Waals surface area (Å²) in [6.45, 7) is 3.78. The normalized spacial score (nSPS) is 10.6. The van der Waals surface area contributed by atoms with Crippen molar-refractivity contribution in [1.82, 2.24) is 14.5 Å². The number of nitrogens with one attached hydrogen (secondary N) is 1. The van der Waals surface area contributed by atoms with Crippen LogP contribution in [0, 0.1) is 13.8 Å². The van der Waals surface area contributed by atoms with Crippen molar-refractivity contribution in [3.8, 4) is 17.4 Å². The van der Waals surface area contributed by atoms with Gasteiger partial charge < -0.3 is 14.6 Å². The Labute approximate surface area is 168 Å². The van der Waals surface area contributed by atoms with Crippen molar-refractivity contribution in [1.29, 1.82) is 0 Å². The van der Waals surface area contributed by atoms with Gasteiger partial charge in [-0.05, 0) is 62.4 Å². The summed E-state index contributed by atoms with van der Waals surface area (Å²) in [6.07, 6.45) is 3.83. The summed E-state index contributed by atoms with van der Waals surface area (Å²) in [4.78, 5) is 21.1. The van der Waals surface area contributed by atoms with Crippen LogP contribution < -0.4 is 10.1 Å². The van der Waals surface area contributed by atoms with Gasteiger partial charge in [0.15, 0.2) is 0 Å². The van der Waals surface area contributed by atoms with Gasteiger partial charge in [0.1, 0.15) is 17.4 Å². The number of aromatic nitrogens is 3. The molecular formula is C23H20N4O2. The highest BCUT2D eigenvalue weighted by Crippen LogP contribution is 2.23. The van der Waals surface area contributed by atoms with Gasteiger partial charge in [0.25, 0.3) is 5.91 Å². The Morgan fingerprint density at radius 3 is 2.41 bits per heavy atom. The Balaban J connectivity index is 1.47. The highest BCUT2D eigenvalue weighted by Gasteiger charge is 2.08. The van der Waals surface area contributed by atoms with E-state index in [0.717, 1.165) is 11.4 Å². The van der Waals surface area contributed by atoms with Crippen LogP contribution in [0.4, 0.5) is 5.69 Å². The molecular weight excluding hydrogens is 364 g/mol. The van der Waals surface area contributed by atoms with Crippen molar-refractivity contribution < 1.29 is 9.53 Å². The number of anilines is 1. The number of hydrogen-bond acceptors (Lipinski definition) is 4. The topological polar surface area (TPSA) is 69.0 Å². The van der Waals surface area contributed by atoms with Crippen molar-refractivity contribution in [3.63, 3.8) is 0 Å². The molecule has 29 heavy (non-hydrogen) atoms. The van der Waals surface area contributed by atoms with Gasteiger partial charge in [-0.2, -0.15) is 4.98 Å². The number of aryl methyl sites for hydroxylation is 2. The fourth-order valence-electron chi connectivity index (χ4n) is 2.91. The van der Waals surface area contributed by atoms with Crippen molar-refractivity contribution in [2.75, 3.05) is 5.32 Å². The fourth-order valence-corrected chi connectivity index (χ4v) is 2.91. The largest absolute Gasteiger partial charge is 0.439 e. The summed E-state index contributed by atoms with van der Waals surface area (Å²) >= 11 is 0. The molecule has 0 unspecified atom stereocenters. The van der Waals surface area contributed by atoms with Gasteiger partial charge in [-0.3, -0.25) is 4.79 Å². The first-order valence-electron chi connectivity index (χ1n) is 9.22. The van der Waals surface area contributed by atoms with Crippen LogP contribution in [0.5, 0.6) is 11.6 Å². The van der Waals surface area contributed by atoms with Crippen LogP contribution in [-0.2, 0) is 0 Å². The lowest BCUT2D eigenvalue weighted by Gasteiger charge is -2.10. The Morgan fingerprint density at radius 1 is 0.931 bits per heavy atom. The van der Waals surface area contributed by atoms with E-state index in [-0.39, 0.29) is 5.91 Å². The minimum atomic E-state index is -0.148. The number of amides is 1. The fraction of sp³-hybridized carbons (Fsp3) is 0.0870. The molecule has 144 valence electrons. The number of rotatable bonds is 5. The lowest BCUT2D eigenvalue weighted by Crippen LogP contribution is -2.11. The Hall–Kier alpha value is -3.93. The third kappa shape index (κ3) is 4.50. The van der Waals surface area contributed by atoms with Crippen molar-refractivity contribution in [2.24, 2.45) is 0 Å². The molecule has 0 radical (unpaired) electrons. The number of ether oxygens (including phenoxy) is 1. The average molecular weight is 384 g/mol. The van der Waals surface area contributed by atoms with Crippen LogP contribution in [0.3, 0.4) is 0 Å². The molecule has 0 atom stereocenters. The van der Waals surface area contributed by atoms with E-state index in [9.17, 15) is 4.79 Å². The minimum Gasteiger partial charge on any atom is -0.439 e. The van der Waals surface area contributed by atoms with Gasteiger partial charge >= 0.3 is 0 Å². The summed E-state index contributed by atoms with van der Waals surface area (Å²) < 4.78 is 7.78. The summed E-state index contributed by atoms with van der Waals surface area (Å²) in [5.41, 5.74) is 2.36. The third-order valence-electron chi connectivity index (χ3n) is 4.28. The molecule has 4 aromatic rings. The quantitative estimate of drug-likeness (QED) is 0.530. The lowest BCUT2D eigenvalue weighted by atomic mass is 10.1. The molecule has 2 heterocycles. The molecule has 0 spiro atoms. The van der Waals surface area contributed by atoms with Crippen LogP contribution in [0.2, 0.25) is 0 Å². The van der Waals surface area contributed by atoms with Crippen molar-refractivity contribution >= 4 is 11.6 Å². The average Bonchev–Trinajstić information content (AvgIpc) is 3.24. The maximum absolute atomic E-state index is 12.4. The van der Waals surface area contributed by atoms with Crippen LogP contribution in [-0.4, -0.2) is 20.4 Å². The number of nitrogens with zero attached hydrogens (tertiary/aromatic N) is 3. The predicted octanol–water partition coefficient (Wildman–Crippen LogP) is 4.93. The van der Waals surface area contributed by atoms with Gasteiger partial charge in [-0.1, -0.05) is 17.7 Å². The summed E-state index contributed by atoms with van der Waals surface area (Å²) in [5, 5.41) is 2.89. The molecule has 0 bridgehead atoms. The smallest absolute Gasteiger partial charge is 0.255 e. The lowest BCUT2D eigenvalue weighted by molar-refractivity contribution is 0.102. The standard InChI is InChI=1S/C23H20N4O2/c1-16-6-5-7-18(14-16)23(28)26-19-8-10-20(11-9-19)29-22-15-21(24-17(2)25-22)27-12-3-4-13-27/h3-15H,1-2H3,(H,26,28). The van der Waals surface area contributed by atoms with E-state index in [1.807, 2.05) is 61.1 Å². The second-order valence-corrected chi connectivity index (χ2v) is 6.65. The molecule has 0 fully saturated rings. The maximum atomic E-state index is 12.4. The molecule has 0 aliphatic rings. The number of hydrogen-bond donors (Lipinski definition) is 1. The summed E-state index contributed by atoms with van der Waals surface area (Å²) in [7, 11) is 0. The Morgan fingerprint density at radius 2 is 1.69 bits per heavy atom. The minimum absolute atomic E-state index is 0.148. The molecule has 2 aromatic carbocycles. The predicted molar refractivity (Wildman–Crippen MR) is 112 cm³/mol. The zero-order chi connectivity index (χ0) is 20.2. The molecule has 1 N–H and O–H groups in total. The van der Waals surface area contributed by atoms with E-state index in [2.05, 4.69) is 15.3 Å². The molecule has 6 heteroatoms. The van der Waals surface area contributed by atoms with E-state index < -0.39 is 0 Å².